The number of carbonyl (C=O) groups excluding carboxylic acids is 1. The molecule has 1 rings (SSSR count). The van der Waals surface area contributed by atoms with Crippen LogP contribution in [0.2, 0.25) is 0 Å². The number of carbonyl (C=O) groups is 1. The molecule has 1 unspecified atom stereocenters. The van der Waals surface area contributed by atoms with Crippen molar-refractivity contribution in [2.75, 3.05) is 25.1 Å². The highest BCUT2D eigenvalue weighted by molar-refractivity contribution is 9.09. The van der Waals surface area contributed by atoms with E-state index in [0.717, 1.165) is 11.8 Å². The maximum absolute atomic E-state index is 12.2. The number of amides is 1. The summed E-state index contributed by atoms with van der Waals surface area (Å²) in [7, 11) is 0. The monoisotopic (exact) mass is 357 g/mol. The first-order valence-electron chi connectivity index (χ1n) is 7.36. The molecule has 1 amide bonds. The highest BCUT2D eigenvalue weighted by atomic mass is 79.9. The predicted molar refractivity (Wildman–Crippen MR) is 88.7 cm³/mol. The van der Waals surface area contributed by atoms with Crippen LogP contribution in [0.25, 0.3) is 0 Å². The summed E-state index contributed by atoms with van der Waals surface area (Å²) in [4.78, 5) is 12.2. The molecule has 0 saturated heterocycles. The van der Waals surface area contributed by atoms with Crippen LogP contribution < -0.4 is 14.8 Å². The van der Waals surface area contributed by atoms with Gasteiger partial charge in [0.05, 0.1) is 13.2 Å². The van der Waals surface area contributed by atoms with E-state index in [-0.39, 0.29) is 5.91 Å². The Morgan fingerprint density at radius 2 is 1.90 bits per heavy atom. The van der Waals surface area contributed by atoms with Gasteiger partial charge in [0.25, 0.3) is 5.91 Å². The standard InChI is InChI=1S/C16H24BrNO3/c1-4-20-14-7-6-13(10-15(14)21-5-2)16(19)18-11-12(3)8-9-17/h6-7,10,12H,4-5,8-9,11H2,1-3H3,(H,18,19). The van der Waals surface area contributed by atoms with Crippen molar-refractivity contribution in [3.8, 4) is 11.5 Å². The average Bonchev–Trinajstić information content (AvgIpc) is 2.47. The van der Waals surface area contributed by atoms with Gasteiger partial charge >= 0.3 is 0 Å². The Morgan fingerprint density at radius 1 is 1.24 bits per heavy atom. The van der Waals surface area contributed by atoms with E-state index in [2.05, 4.69) is 28.2 Å². The minimum Gasteiger partial charge on any atom is -0.490 e. The highest BCUT2D eigenvalue weighted by Gasteiger charge is 2.12. The Kier molecular flexibility index (Phi) is 8.20. The van der Waals surface area contributed by atoms with E-state index in [9.17, 15) is 4.79 Å². The zero-order chi connectivity index (χ0) is 15.7. The number of ether oxygens (including phenoxy) is 2. The zero-order valence-corrected chi connectivity index (χ0v) is 14.5. The van der Waals surface area contributed by atoms with Gasteiger partial charge < -0.3 is 14.8 Å². The van der Waals surface area contributed by atoms with Crippen LogP contribution in [0.3, 0.4) is 0 Å². The van der Waals surface area contributed by atoms with E-state index in [1.54, 1.807) is 18.2 Å². The molecule has 0 radical (unpaired) electrons. The Bertz CT molecular complexity index is 451. The maximum atomic E-state index is 12.2. The van der Waals surface area contributed by atoms with Crippen molar-refractivity contribution in [1.29, 1.82) is 0 Å². The molecule has 0 aliphatic heterocycles. The first kappa shape index (κ1) is 17.8. The summed E-state index contributed by atoms with van der Waals surface area (Å²) in [6.07, 6.45) is 1.04. The van der Waals surface area contributed by atoms with Crippen LogP contribution in [-0.4, -0.2) is 31.0 Å². The van der Waals surface area contributed by atoms with Gasteiger partial charge in [0, 0.05) is 17.4 Å². The van der Waals surface area contributed by atoms with Crippen molar-refractivity contribution in [1.82, 2.24) is 5.32 Å². The van der Waals surface area contributed by atoms with Crippen molar-refractivity contribution >= 4 is 21.8 Å². The molecule has 0 spiro atoms. The van der Waals surface area contributed by atoms with Crippen molar-refractivity contribution in [3.05, 3.63) is 23.8 Å². The van der Waals surface area contributed by atoms with Gasteiger partial charge in [-0.05, 0) is 44.4 Å². The van der Waals surface area contributed by atoms with Gasteiger partial charge in [-0.3, -0.25) is 4.79 Å². The Hall–Kier alpha value is -1.23. The van der Waals surface area contributed by atoms with Gasteiger partial charge in [-0.2, -0.15) is 0 Å². The second kappa shape index (κ2) is 9.66. The fraction of sp³-hybridized carbons (Fsp3) is 0.562. The van der Waals surface area contributed by atoms with Crippen LogP contribution in [-0.2, 0) is 0 Å². The van der Waals surface area contributed by atoms with E-state index >= 15 is 0 Å². The fourth-order valence-electron chi connectivity index (χ4n) is 1.85. The van der Waals surface area contributed by atoms with Crippen LogP contribution in [0, 0.1) is 5.92 Å². The van der Waals surface area contributed by atoms with Crippen LogP contribution >= 0.6 is 15.9 Å². The van der Waals surface area contributed by atoms with Crippen molar-refractivity contribution < 1.29 is 14.3 Å². The van der Waals surface area contributed by atoms with Gasteiger partial charge in [-0.25, -0.2) is 0 Å². The lowest BCUT2D eigenvalue weighted by molar-refractivity contribution is 0.0947. The van der Waals surface area contributed by atoms with Crippen molar-refractivity contribution in [2.45, 2.75) is 27.2 Å². The molecule has 0 aliphatic carbocycles. The van der Waals surface area contributed by atoms with E-state index in [0.29, 0.717) is 42.7 Å². The third-order valence-corrected chi connectivity index (χ3v) is 3.48. The molecule has 0 heterocycles. The number of hydrogen-bond donors (Lipinski definition) is 1. The molecular weight excluding hydrogens is 334 g/mol. The third-order valence-electron chi connectivity index (χ3n) is 3.02. The number of alkyl halides is 1. The molecule has 118 valence electrons. The maximum Gasteiger partial charge on any atom is 0.251 e. The summed E-state index contributed by atoms with van der Waals surface area (Å²) < 4.78 is 11.0. The summed E-state index contributed by atoms with van der Waals surface area (Å²) >= 11 is 3.41. The zero-order valence-electron chi connectivity index (χ0n) is 12.9. The molecule has 1 N–H and O–H groups in total. The quantitative estimate of drug-likeness (QED) is 0.686. The summed E-state index contributed by atoms with van der Waals surface area (Å²) in [5.74, 6) is 1.65. The minimum atomic E-state index is -0.0829. The SMILES string of the molecule is CCOc1ccc(C(=O)NCC(C)CCBr)cc1OCC. The second-order valence-corrected chi connectivity index (χ2v) is 5.61. The Morgan fingerprint density at radius 3 is 2.52 bits per heavy atom. The van der Waals surface area contributed by atoms with Gasteiger partial charge in [-0.1, -0.05) is 22.9 Å². The first-order chi connectivity index (χ1) is 10.1. The lowest BCUT2D eigenvalue weighted by Crippen LogP contribution is -2.28. The molecule has 1 atom stereocenters. The molecule has 0 saturated carbocycles. The van der Waals surface area contributed by atoms with E-state index in [4.69, 9.17) is 9.47 Å². The van der Waals surface area contributed by atoms with Crippen molar-refractivity contribution in [2.24, 2.45) is 5.92 Å². The van der Waals surface area contributed by atoms with Crippen LogP contribution in [0.1, 0.15) is 37.6 Å². The minimum absolute atomic E-state index is 0.0829. The van der Waals surface area contributed by atoms with Gasteiger partial charge in [-0.15, -0.1) is 0 Å². The normalized spacial score (nSPS) is 11.8. The molecule has 4 nitrogen and oxygen atoms in total. The largest absolute Gasteiger partial charge is 0.490 e. The molecule has 1 aromatic rings. The predicted octanol–water partition coefficient (Wildman–Crippen LogP) is 3.63. The molecule has 0 bridgehead atoms. The average molecular weight is 358 g/mol. The molecule has 21 heavy (non-hydrogen) atoms. The van der Waals surface area contributed by atoms with E-state index in [1.165, 1.54) is 0 Å². The fourth-order valence-corrected chi connectivity index (χ4v) is 2.63. The van der Waals surface area contributed by atoms with Gasteiger partial charge in [0.1, 0.15) is 0 Å². The number of hydrogen-bond acceptors (Lipinski definition) is 3. The molecule has 1 aromatic carbocycles. The third kappa shape index (κ3) is 5.96. The van der Waals surface area contributed by atoms with Crippen LogP contribution in [0.15, 0.2) is 18.2 Å². The molecule has 5 heteroatoms. The van der Waals surface area contributed by atoms with Gasteiger partial charge in [0.2, 0.25) is 0 Å². The lowest BCUT2D eigenvalue weighted by Gasteiger charge is -2.14. The number of halogens is 1. The van der Waals surface area contributed by atoms with Crippen LogP contribution in [0.4, 0.5) is 0 Å². The lowest BCUT2D eigenvalue weighted by atomic mass is 10.1. The smallest absolute Gasteiger partial charge is 0.251 e. The summed E-state index contributed by atoms with van der Waals surface area (Å²) in [5, 5.41) is 3.89. The van der Waals surface area contributed by atoms with Crippen LogP contribution in [0.5, 0.6) is 11.5 Å². The van der Waals surface area contributed by atoms with E-state index < -0.39 is 0 Å². The Balaban J connectivity index is 2.73. The summed E-state index contributed by atoms with van der Waals surface area (Å²) in [5.41, 5.74) is 0.591. The number of nitrogens with one attached hydrogen (secondary N) is 1. The molecule has 0 aromatic heterocycles. The highest BCUT2D eigenvalue weighted by Crippen LogP contribution is 2.28. The molecule has 0 aliphatic rings. The van der Waals surface area contributed by atoms with Gasteiger partial charge in [0.15, 0.2) is 11.5 Å². The second-order valence-electron chi connectivity index (χ2n) is 4.82. The Labute approximate surface area is 135 Å². The van der Waals surface area contributed by atoms with E-state index in [1.807, 2.05) is 13.8 Å². The molecular formula is C16H24BrNO3. The first-order valence-corrected chi connectivity index (χ1v) is 8.48. The van der Waals surface area contributed by atoms with Crippen molar-refractivity contribution in [3.63, 3.8) is 0 Å². The summed E-state index contributed by atoms with van der Waals surface area (Å²) in [6, 6.07) is 5.28. The summed E-state index contributed by atoms with van der Waals surface area (Å²) in [6.45, 7) is 7.71. The number of rotatable bonds is 9. The molecule has 0 fully saturated rings. The number of benzene rings is 1. The topological polar surface area (TPSA) is 47.6 Å².